The lowest BCUT2D eigenvalue weighted by Crippen LogP contribution is -2.35. The number of carbonyl (C=O) groups excluding carboxylic acids is 1. The Balaban J connectivity index is 2.18. The molecule has 136 valence electrons. The molecule has 0 atom stereocenters. The first kappa shape index (κ1) is 19.2. The Morgan fingerprint density at radius 2 is 2.08 bits per heavy atom. The van der Waals surface area contributed by atoms with Gasteiger partial charge in [0.1, 0.15) is 5.82 Å². The minimum atomic E-state index is -0.415. The molecule has 25 heavy (non-hydrogen) atoms. The van der Waals surface area contributed by atoms with Gasteiger partial charge in [0.2, 0.25) is 0 Å². The van der Waals surface area contributed by atoms with E-state index >= 15 is 0 Å². The Morgan fingerprint density at radius 3 is 2.68 bits per heavy atom. The molecule has 0 aliphatic heterocycles. The van der Waals surface area contributed by atoms with Crippen LogP contribution in [0, 0.1) is 19.7 Å². The van der Waals surface area contributed by atoms with E-state index in [-0.39, 0.29) is 12.6 Å². The third kappa shape index (κ3) is 4.31. The standard InChI is InChI=1S/C18H24ClFN4O/c1-5-10-24-13(4)17(12(3)22-24)21-18(25)23(6-2)11-14-15(19)8-7-9-16(14)20/h7-9H,5-6,10-11H2,1-4H3,(H,21,25). The summed E-state index contributed by atoms with van der Waals surface area (Å²) in [6.45, 7) is 9.03. The molecule has 0 saturated carbocycles. The summed E-state index contributed by atoms with van der Waals surface area (Å²) in [6.07, 6.45) is 0.961. The molecule has 0 fully saturated rings. The molecule has 0 radical (unpaired) electrons. The zero-order valence-electron chi connectivity index (χ0n) is 15.1. The van der Waals surface area contributed by atoms with Crippen molar-refractivity contribution in [3.8, 4) is 0 Å². The van der Waals surface area contributed by atoms with E-state index in [1.807, 2.05) is 25.5 Å². The molecular formula is C18H24ClFN4O. The Hall–Kier alpha value is -2.08. The van der Waals surface area contributed by atoms with Crippen molar-refractivity contribution in [3.05, 3.63) is 46.0 Å². The van der Waals surface area contributed by atoms with E-state index in [0.717, 1.165) is 24.4 Å². The van der Waals surface area contributed by atoms with Crippen molar-refractivity contribution in [1.82, 2.24) is 14.7 Å². The first-order valence-electron chi connectivity index (χ1n) is 8.41. The van der Waals surface area contributed by atoms with Crippen LogP contribution in [0.2, 0.25) is 5.02 Å². The number of amides is 2. The average molecular weight is 367 g/mol. The smallest absolute Gasteiger partial charge is 0.320 e. The molecule has 2 aromatic rings. The maximum atomic E-state index is 14.0. The molecule has 0 aliphatic rings. The molecule has 1 heterocycles. The number of nitrogens with zero attached hydrogens (tertiary/aromatic N) is 3. The van der Waals surface area contributed by atoms with Gasteiger partial charge in [0, 0.05) is 23.7 Å². The van der Waals surface area contributed by atoms with Crippen molar-refractivity contribution < 1.29 is 9.18 Å². The maximum Gasteiger partial charge on any atom is 0.322 e. The van der Waals surface area contributed by atoms with E-state index in [1.54, 1.807) is 12.1 Å². The monoisotopic (exact) mass is 366 g/mol. The van der Waals surface area contributed by atoms with Gasteiger partial charge in [-0.1, -0.05) is 24.6 Å². The fourth-order valence-corrected chi connectivity index (χ4v) is 2.92. The second-order valence-electron chi connectivity index (χ2n) is 5.91. The highest BCUT2D eigenvalue weighted by molar-refractivity contribution is 6.31. The van der Waals surface area contributed by atoms with Crippen LogP contribution in [0.1, 0.15) is 37.2 Å². The van der Waals surface area contributed by atoms with Crippen molar-refractivity contribution in [2.45, 2.75) is 47.2 Å². The lowest BCUT2D eigenvalue weighted by Gasteiger charge is -2.22. The predicted molar refractivity (Wildman–Crippen MR) is 98.5 cm³/mol. The molecule has 1 aromatic heterocycles. The van der Waals surface area contributed by atoms with Crippen molar-refractivity contribution in [2.75, 3.05) is 11.9 Å². The van der Waals surface area contributed by atoms with Gasteiger partial charge in [-0.15, -0.1) is 0 Å². The molecule has 5 nitrogen and oxygen atoms in total. The number of halogens is 2. The van der Waals surface area contributed by atoms with Crippen LogP contribution in [0.15, 0.2) is 18.2 Å². The summed E-state index contributed by atoms with van der Waals surface area (Å²) >= 11 is 6.07. The lowest BCUT2D eigenvalue weighted by atomic mass is 10.2. The van der Waals surface area contributed by atoms with Crippen LogP contribution in [-0.2, 0) is 13.1 Å². The minimum Gasteiger partial charge on any atom is -0.320 e. The summed E-state index contributed by atoms with van der Waals surface area (Å²) in [5, 5.41) is 7.67. The summed E-state index contributed by atoms with van der Waals surface area (Å²) in [5.41, 5.74) is 2.69. The minimum absolute atomic E-state index is 0.106. The number of hydrogen-bond acceptors (Lipinski definition) is 2. The molecule has 7 heteroatoms. The Labute approximate surface area is 152 Å². The van der Waals surface area contributed by atoms with Crippen molar-refractivity contribution in [2.24, 2.45) is 0 Å². The van der Waals surface area contributed by atoms with Gasteiger partial charge in [0.25, 0.3) is 0 Å². The van der Waals surface area contributed by atoms with Crippen LogP contribution in [0.4, 0.5) is 14.9 Å². The van der Waals surface area contributed by atoms with Crippen molar-refractivity contribution in [3.63, 3.8) is 0 Å². The van der Waals surface area contributed by atoms with Crippen LogP contribution >= 0.6 is 11.6 Å². The number of hydrogen-bond donors (Lipinski definition) is 1. The van der Waals surface area contributed by atoms with E-state index in [9.17, 15) is 9.18 Å². The third-order valence-electron chi connectivity index (χ3n) is 4.13. The third-order valence-corrected chi connectivity index (χ3v) is 4.48. The summed E-state index contributed by atoms with van der Waals surface area (Å²) in [6, 6.07) is 4.21. The molecule has 1 N–H and O–H groups in total. The summed E-state index contributed by atoms with van der Waals surface area (Å²) in [5.74, 6) is -0.415. The Bertz CT molecular complexity index is 740. The van der Waals surface area contributed by atoms with Gasteiger partial charge in [-0.2, -0.15) is 5.10 Å². The maximum absolute atomic E-state index is 14.0. The van der Waals surface area contributed by atoms with Crippen LogP contribution in [0.25, 0.3) is 0 Å². The van der Waals surface area contributed by atoms with E-state index in [2.05, 4.69) is 17.3 Å². The predicted octanol–water partition coefficient (Wildman–Crippen LogP) is 4.76. The van der Waals surface area contributed by atoms with E-state index in [4.69, 9.17) is 11.6 Å². The molecule has 0 unspecified atom stereocenters. The van der Waals surface area contributed by atoms with E-state index in [0.29, 0.717) is 22.8 Å². The fraction of sp³-hybridized carbons (Fsp3) is 0.444. The van der Waals surface area contributed by atoms with Crippen LogP contribution in [0.5, 0.6) is 0 Å². The van der Waals surface area contributed by atoms with Gasteiger partial charge in [0.05, 0.1) is 23.6 Å². The SMILES string of the molecule is CCCn1nc(C)c(NC(=O)N(CC)Cc2c(F)cccc2Cl)c1C. The van der Waals surface area contributed by atoms with Gasteiger partial charge in [-0.05, 0) is 39.3 Å². The van der Waals surface area contributed by atoms with Gasteiger partial charge < -0.3 is 10.2 Å². The van der Waals surface area contributed by atoms with Crippen molar-refractivity contribution >= 4 is 23.3 Å². The van der Waals surface area contributed by atoms with E-state index in [1.165, 1.54) is 11.0 Å². The zero-order chi connectivity index (χ0) is 18.6. The number of anilines is 1. The fourth-order valence-electron chi connectivity index (χ4n) is 2.69. The molecule has 2 amide bonds. The summed E-state index contributed by atoms with van der Waals surface area (Å²) in [4.78, 5) is 14.2. The number of aryl methyl sites for hydroxylation is 2. The first-order chi connectivity index (χ1) is 11.9. The number of aromatic nitrogens is 2. The summed E-state index contributed by atoms with van der Waals surface area (Å²) in [7, 11) is 0. The van der Waals surface area contributed by atoms with Crippen LogP contribution in [0.3, 0.4) is 0 Å². The molecule has 2 rings (SSSR count). The van der Waals surface area contributed by atoms with Crippen LogP contribution in [-0.4, -0.2) is 27.3 Å². The second kappa shape index (κ2) is 8.34. The normalized spacial score (nSPS) is 10.8. The van der Waals surface area contributed by atoms with Gasteiger partial charge in [0.15, 0.2) is 0 Å². The first-order valence-corrected chi connectivity index (χ1v) is 8.79. The molecule has 0 saturated heterocycles. The largest absolute Gasteiger partial charge is 0.322 e. The highest BCUT2D eigenvalue weighted by Crippen LogP contribution is 2.23. The number of nitrogens with one attached hydrogen (secondary N) is 1. The quantitative estimate of drug-likeness (QED) is 0.801. The topological polar surface area (TPSA) is 50.2 Å². The molecule has 1 aromatic carbocycles. The average Bonchev–Trinajstić information content (AvgIpc) is 2.82. The lowest BCUT2D eigenvalue weighted by molar-refractivity contribution is 0.211. The second-order valence-corrected chi connectivity index (χ2v) is 6.32. The molecular weight excluding hydrogens is 343 g/mol. The Morgan fingerprint density at radius 1 is 1.36 bits per heavy atom. The van der Waals surface area contributed by atoms with Crippen molar-refractivity contribution in [1.29, 1.82) is 0 Å². The summed E-state index contributed by atoms with van der Waals surface area (Å²) < 4.78 is 15.9. The van der Waals surface area contributed by atoms with Crippen LogP contribution < -0.4 is 5.32 Å². The zero-order valence-corrected chi connectivity index (χ0v) is 15.8. The molecule has 0 bridgehead atoms. The van der Waals surface area contributed by atoms with E-state index < -0.39 is 5.82 Å². The Kier molecular flexibility index (Phi) is 6.42. The number of urea groups is 1. The van der Waals surface area contributed by atoms with Gasteiger partial charge in [-0.3, -0.25) is 4.68 Å². The number of benzene rings is 1. The molecule has 0 aliphatic carbocycles. The number of rotatable bonds is 6. The van der Waals surface area contributed by atoms with Gasteiger partial charge in [-0.25, -0.2) is 9.18 Å². The number of carbonyl (C=O) groups is 1. The highest BCUT2D eigenvalue weighted by Gasteiger charge is 2.19. The van der Waals surface area contributed by atoms with Gasteiger partial charge >= 0.3 is 6.03 Å². The highest BCUT2D eigenvalue weighted by atomic mass is 35.5. The molecule has 0 spiro atoms.